The fraction of sp³-hybridized carbons (Fsp3) is 0.240. The third kappa shape index (κ3) is 4.76. The Morgan fingerprint density at radius 2 is 1.61 bits per heavy atom. The molecule has 0 saturated carbocycles. The average Bonchev–Trinajstić information content (AvgIpc) is 2.81. The van der Waals surface area contributed by atoms with Crippen LogP contribution < -0.4 is 10.1 Å². The molecule has 0 unspecified atom stereocenters. The van der Waals surface area contributed by atoms with E-state index in [2.05, 4.69) is 10.2 Å². The molecule has 1 fully saturated rings. The number of benzene rings is 3. The van der Waals surface area contributed by atoms with Gasteiger partial charge in [0.1, 0.15) is 17.6 Å². The van der Waals surface area contributed by atoms with Crippen molar-refractivity contribution in [1.29, 1.82) is 0 Å². The molecule has 1 aliphatic heterocycles. The summed E-state index contributed by atoms with van der Waals surface area (Å²) in [5.74, 6) is 0.231. The van der Waals surface area contributed by atoms with Crippen molar-refractivity contribution in [3.8, 4) is 16.9 Å². The lowest BCUT2D eigenvalue weighted by atomic mass is 10.0. The van der Waals surface area contributed by atoms with Gasteiger partial charge in [-0.1, -0.05) is 48.5 Å². The Morgan fingerprint density at radius 1 is 0.968 bits per heavy atom. The van der Waals surface area contributed by atoms with Crippen LogP contribution in [-0.4, -0.2) is 44.2 Å². The smallest absolute Gasteiger partial charge is 0.246 e. The molecule has 0 spiro atoms. The molecule has 6 heteroatoms. The first kappa shape index (κ1) is 21.0. The maximum Gasteiger partial charge on any atom is 0.246 e. The Morgan fingerprint density at radius 3 is 2.32 bits per heavy atom. The zero-order valence-electron chi connectivity index (χ0n) is 17.4. The molecule has 4 rings (SSSR count). The molecule has 1 amide bonds. The topological polar surface area (TPSA) is 50.8 Å². The third-order valence-electron chi connectivity index (χ3n) is 5.43. The minimum atomic E-state index is -0.546. The second-order valence-electron chi connectivity index (χ2n) is 7.34. The maximum absolute atomic E-state index is 13.5. The standard InChI is InChI=1S/C25H25FN2O3/c1-30-23-9-5-3-7-21(23)20-6-2-4-8-22(20)27-25(29)24(28-14-16-31-17-15-28)18-10-12-19(26)13-11-18/h2-13,24H,14-17H2,1H3,(H,27,29)/t24-/m1/s1. The molecule has 0 aliphatic carbocycles. The average molecular weight is 420 g/mol. The molecule has 1 saturated heterocycles. The summed E-state index contributed by atoms with van der Waals surface area (Å²) in [7, 11) is 1.63. The molecule has 3 aromatic carbocycles. The Hall–Kier alpha value is -3.22. The number of nitrogens with one attached hydrogen (secondary N) is 1. The van der Waals surface area contributed by atoms with Crippen molar-refractivity contribution >= 4 is 11.6 Å². The molecule has 1 aliphatic rings. The van der Waals surface area contributed by atoms with Crippen LogP contribution in [0.25, 0.3) is 11.1 Å². The molecule has 0 bridgehead atoms. The van der Waals surface area contributed by atoms with Gasteiger partial charge in [-0.2, -0.15) is 0 Å². The van der Waals surface area contributed by atoms with Crippen LogP contribution in [0.3, 0.4) is 0 Å². The number of ether oxygens (including phenoxy) is 2. The molecular formula is C25H25FN2O3. The van der Waals surface area contributed by atoms with Gasteiger partial charge in [0, 0.05) is 29.9 Å². The van der Waals surface area contributed by atoms with Gasteiger partial charge in [-0.05, 0) is 29.8 Å². The lowest BCUT2D eigenvalue weighted by Gasteiger charge is -2.34. The van der Waals surface area contributed by atoms with Gasteiger partial charge in [-0.3, -0.25) is 9.69 Å². The predicted molar refractivity (Wildman–Crippen MR) is 119 cm³/mol. The fourth-order valence-electron chi connectivity index (χ4n) is 3.90. The van der Waals surface area contributed by atoms with Crippen molar-refractivity contribution in [2.75, 3.05) is 38.7 Å². The summed E-state index contributed by atoms with van der Waals surface area (Å²) in [6.07, 6.45) is 0. The Balaban J connectivity index is 1.67. The van der Waals surface area contributed by atoms with Gasteiger partial charge in [-0.25, -0.2) is 4.39 Å². The Bertz CT molecular complexity index is 1030. The van der Waals surface area contributed by atoms with Gasteiger partial charge in [0.2, 0.25) is 5.91 Å². The van der Waals surface area contributed by atoms with Crippen LogP contribution in [0, 0.1) is 5.82 Å². The minimum absolute atomic E-state index is 0.171. The minimum Gasteiger partial charge on any atom is -0.496 e. The van der Waals surface area contributed by atoms with E-state index in [0.717, 1.165) is 22.4 Å². The number of morpholine rings is 1. The van der Waals surface area contributed by atoms with Gasteiger partial charge in [-0.15, -0.1) is 0 Å². The molecule has 160 valence electrons. The number of nitrogens with zero attached hydrogens (tertiary/aromatic N) is 1. The lowest BCUT2D eigenvalue weighted by Crippen LogP contribution is -2.43. The summed E-state index contributed by atoms with van der Waals surface area (Å²) < 4.78 is 24.5. The van der Waals surface area contributed by atoms with Crippen LogP contribution in [0.4, 0.5) is 10.1 Å². The van der Waals surface area contributed by atoms with E-state index in [4.69, 9.17) is 9.47 Å². The van der Waals surface area contributed by atoms with Crippen LogP contribution in [-0.2, 0) is 9.53 Å². The molecule has 0 radical (unpaired) electrons. The number of hydrogen-bond acceptors (Lipinski definition) is 4. The molecule has 31 heavy (non-hydrogen) atoms. The second kappa shape index (κ2) is 9.73. The molecule has 1 N–H and O–H groups in total. The van der Waals surface area contributed by atoms with Gasteiger partial charge >= 0.3 is 0 Å². The highest BCUT2D eigenvalue weighted by Crippen LogP contribution is 2.35. The monoisotopic (exact) mass is 420 g/mol. The van der Waals surface area contributed by atoms with Gasteiger partial charge in [0.25, 0.3) is 0 Å². The van der Waals surface area contributed by atoms with Crippen molar-refractivity contribution in [1.82, 2.24) is 4.90 Å². The highest BCUT2D eigenvalue weighted by atomic mass is 19.1. The van der Waals surface area contributed by atoms with E-state index < -0.39 is 6.04 Å². The van der Waals surface area contributed by atoms with Crippen molar-refractivity contribution < 1.29 is 18.7 Å². The van der Waals surface area contributed by atoms with E-state index >= 15 is 0 Å². The predicted octanol–water partition coefficient (Wildman–Crippen LogP) is 4.51. The molecule has 3 aromatic rings. The summed E-state index contributed by atoms with van der Waals surface area (Å²) in [5, 5.41) is 3.10. The Kier molecular flexibility index (Phi) is 6.60. The number of hydrogen-bond donors (Lipinski definition) is 1. The highest BCUT2D eigenvalue weighted by Gasteiger charge is 2.29. The first-order chi connectivity index (χ1) is 15.2. The van der Waals surface area contributed by atoms with Crippen molar-refractivity contribution in [2.24, 2.45) is 0 Å². The number of rotatable bonds is 6. The number of methoxy groups -OCH3 is 1. The third-order valence-corrected chi connectivity index (χ3v) is 5.43. The summed E-state index contributed by atoms with van der Waals surface area (Å²) in [6, 6.07) is 20.9. The fourth-order valence-corrected chi connectivity index (χ4v) is 3.90. The van der Waals surface area contributed by atoms with E-state index in [1.165, 1.54) is 12.1 Å². The second-order valence-corrected chi connectivity index (χ2v) is 7.34. The Labute approximate surface area is 181 Å². The number of para-hydroxylation sites is 2. The first-order valence-electron chi connectivity index (χ1n) is 10.3. The van der Waals surface area contributed by atoms with Crippen LogP contribution in [0.5, 0.6) is 5.75 Å². The molecular weight excluding hydrogens is 395 g/mol. The highest BCUT2D eigenvalue weighted by molar-refractivity contribution is 5.99. The number of carbonyl (C=O) groups excluding carboxylic acids is 1. The van der Waals surface area contributed by atoms with Gasteiger partial charge in [0.05, 0.1) is 20.3 Å². The van der Waals surface area contributed by atoms with Gasteiger partial charge < -0.3 is 14.8 Å². The normalized spacial score (nSPS) is 15.3. The molecule has 1 atom stereocenters. The van der Waals surface area contributed by atoms with Crippen molar-refractivity contribution in [2.45, 2.75) is 6.04 Å². The first-order valence-corrected chi connectivity index (χ1v) is 10.3. The summed E-state index contributed by atoms with van der Waals surface area (Å²) in [6.45, 7) is 2.37. The number of halogens is 1. The quantitative estimate of drug-likeness (QED) is 0.637. The molecule has 0 aromatic heterocycles. The lowest BCUT2D eigenvalue weighted by molar-refractivity contribution is -0.123. The summed E-state index contributed by atoms with van der Waals surface area (Å²) in [5.41, 5.74) is 3.20. The zero-order chi connectivity index (χ0) is 21.6. The molecule has 1 heterocycles. The number of amides is 1. The van der Waals surface area contributed by atoms with E-state index in [1.54, 1.807) is 19.2 Å². The van der Waals surface area contributed by atoms with Crippen LogP contribution in [0.15, 0.2) is 72.8 Å². The van der Waals surface area contributed by atoms with E-state index in [0.29, 0.717) is 32.0 Å². The van der Waals surface area contributed by atoms with Crippen molar-refractivity contribution in [3.05, 3.63) is 84.2 Å². The van der Waals surface area contributed by atoms with E-state index in [1.807, 2.05) is 48.5 Å². The summed E-state index contributed by atoms with van der Waals surface area (Å²) in [4.78, 5) is 15.6. The zero-order valence-corrected chi connectivity index (χ0v) is 17.4. The van der Waals surface area contributed by atoms with Crippen molar-refractivity contribution in [3.63, 3.8) is 0 Å². The molecule has 5 nitrogen and oxygen atoms in total. The largest absolute Gasteiger partial charge is 0.496 e. The summed E-state index contributed by atoms with van der Waals surface area (Å²) >= 11 is 0. The van der Waals surface area contributed by atoms with Crippen LogP contribution in [0.1, 0.15) is 11.6 Å². The maximum atomic E-state index is 13.5. The number of carbonyl (C=O) groups is 1. The van der Waals surface area contributed by atoms with Crippen LogP contribution >= 0.6 is 0 Å². The SMILES string of the molecule is COc1ccccc1-c1ccccc1NC(=O)[C@@H](c1ccc(F)cc1)N1CCOCC1. The van der Waals surface area contributed by atoms with E-state index in [-0.39, 0.29) is 11.7 Å². The van der Waals surface area contributed by atoms with Crippen LogP contribution in [0.2, 0.25) is 0 Å². The van der Waals surface area contributed by atoms with E-state index in [9.17, 15) is 9.18 Å². The van der Waals surface area contributed by atoms with Gasteiger partial charge in [0.15, 0.2) is 0 Å². The number of anilines is 1.